The van der Waals surface area contributed by atoms with Gasteiger partial charge in [-0.15, -0.1) is 0 Å². The van der Waals surface area contributed by atoms with Gasteiger partial charge >= 0.3 is 0 Å². The van der Waals surface area contributed by atoms with Gasteiger partial charge in [0, 0.05) is 32.8 Å². The second-order valence-electron chi connectivity index (χ2n) is 13.2. The van der Waals surface area contributed by atoms with E-state index in [0.717, 1.165) is 27.8 Å². The second kappa shape index (κ2) is 12.9. The van der Waals surface area contributed by atoms with Crippen molar-refractivity contribution in [2.24, 2.45) is 0 Å². The van der Waals surface area contributed by atoms with Crippen molar-refractivity contribution in [1.29, 1.82) is 0 Å². The highest BCUT2D eigenvalue weighted by atomic mass is 15.0. The van der Waals surface area contributed by atoms with Crippen LogP contribution in [0.3, 0.4) is 0 Å². The molecular weight excluding hydrogens is 645 g/mol. The van der Waals surface area contributed by atoms with Gasteiger partial charge in [0.25, 0.3) is 0 Å². The van der Waals surface area contributed by atoms with Crippen LogP contribution in [0.25, 0.3) is 94.7 Å². The van der Waals surface area contributed by atoms with Crippen molar-refractivity contribution in [2.45, 2.75) is 0 Å². The molecule has 0 unspecified atom stereocenters. The van der Waals surface area contributed by atoms with E-state index in [1.165, 1.54) is 49.4 Å². The van der Waals surface area contributed by atoms with Crippen LogP contribution in [-0.2, 0) is 0 Å². The van der Waals surface area contributed by atoms with Crippen LogP contribution in [0.4, 0.5) is 0 Å². The Hall–Kier alpha value is -7.17. The number of fused-ring (bicyclic) bond motifs is 4. The van der Waals surface area contributed by atoms with E-state index < -0.39 is 0 Å². The van der Waals surface area contributed by atoms with Crippen LogP contribution >= 0.6 is 0 Å². The summed E-state index contributed by atoms with van der Waals surface area (Å²) < 4.78 is 2.40. The standard InChI is InChI=1S/C49H32N4/c1-3-13-33(14-4-1)34-23-27-37(28-24-34)48-50-47(36-15-5-2-6-16-36)51-49(52-48)38-29-25-35(26-30-38)39-31-32-46(41-18-8-7-17-40(39)41)53-44-21-11-9-19-42(44)43-20-10-12-22-45(43)53/h1-32H. The summed E-state index contributed by atoms with van der Waals surface area (Å²) in [5, 5.41) is 4.92. The maximum absolute atomic E-state index is 5.02. The number of hydrogen-bond acceptors (Lipinski definition) is 3. The monoisotopic (exact) mass is 676 g/mol. The van der Waals surface area contributed by atoms with E-state index in [-0.39, 0.29) is 0 Å². The van der Waals surface area contributed by atoms with Crippen molar-refractivity contribution < 1.29 is 0 Å². The van der Waals surface area contributed by atoms with Gasteiger partial charge < -0.3 is 4.57 Å². The summed E-state index contributed by atoms with van der Waals surface area (Å²) in [6.45, 7) is 0. The Labute approximate surface area is 307 Å². The van der Waals surface area contributed by atoms with Crippen molar-refractivity contribution in [3.05, 3.63) is 194 Å². The van der Waals surface area contributed by atoms with Crippen molar-refractivity contribution in [2.75, 3.05) is 0 Å². The molecule has 0 amide bonds. The minimum Gasteiger partial charge on any atom is -0.309 e. The van der Waals surface area contributed by atoms with Crippen LogP contribution in [0.2, 0.25) is 0 Å². The van der Waals surface area contributed by atoms with Crippen molar-refractivity contribution in [3.8, 4) is 62.1 Å². The average molecular weight is 677 g/mol. The fourth-order valence-electron chi connectivity index (χ4n) is 7.50. The number of hydrogen-bond donors (Lipinski definition) is 0. The molecule has 10 aromatic rings. The molecule has 0 saturated heterocycles. The van der Waals surface area contributed by atoms with E-state index in [1.807, 2.05) is 36.4 Å². The third-order valence-corrected chi connectivity index (χ3v) is 10.1. The zero-order valence-corrected chi connectivity index (χ0v) is 28.8. The molecule has 0 fully saturated rings. The Bertz CT molecular complexity index is 2860. The lowest BCUT2D eigenvalue weighted by Crippen LogP contribution is -2.00. The third-order valence-electron chi connectivity index (χ3n) is 10.1. The third kappa shape index (κ3) is 5.45. The normalized spacial score (nSPS) is 11.4. The van der Waals surface area contributed by atoms with Gasteiger partial charge in [-0.25, -0.2) is 15.0 Å². The fraction of sp³-hybridized carbons (Fsp3) is 0. The molecule has 0 spiro atoms. The molecule has 53 heavy (non-hydrogen) atoms. The first kappa shape index (κ1) is 30.6. The molecule has 0 atom stereocenters. The molecule has 0 saturated carbocycles. The molecule has 4 nitrogen and oxygen atoms in total. The van der Waals surface area contributed by atoms with Gasteiger partial charge in [-0.3, -0.25) is 0 Å². The van der Waals surface area contributed by atoms with Gasteiger partial charge in [0.2, 0.25) is 0 Å². The summed E-state index contributed by atoms with van der Waals surface area (Å²) in [6.07, 6.45) is 0. The number of para-hydroxylation sites is 2. The fourth-order valence-corrected chi connectivity index (χ4v) is 7.50. The highest BCUT2D eigenvalue weighted by Gasteiger charge is 2.17. The van der Waals surface area contributed by atoms with Gasteiger partial charge in [0.05, 0.1) is 16.7 Å². The van der Waals surface area contributed by atoms with Gasteiger partial charge in [0.1, 0.15) is 0 Å². The molecule has 248 valence electrons. The van der Waals surface area contributed by atoms with Crippen LogP contribution in [-0.4, -0.2) is 19.5 Å². The Balaban J connectivity index is 1.05. The molecule has 0 aliphatic rings. The summed E-state index contributed by atoms with van der Waals surface area (Å²) in [7, 11) is 0. The largest absolute Gasteiger partial charge is 0.309 e. The molecule has 8 aromatic carbocycles. The van der Waals surface area contributed by atoms with E-state index in [9.17, 15) is 0 Å². The van der Waals surface area contributed by atoms with Crippen LogP contribution < -0.4 is 0 Å². The number of benzene rings is 8. The van der Waals surface area contributed by atoms with Gasteiger partial charge in [-0.2, -0.15) is 0 Å². The van der Waals surface area contributed by atoms with Crippen LogP contribution in [0.1, 0.15) is 0 Å². The molecule has 2 heterocycles. The number of rotatable bonds is 6. The first-order chi connectivity index (χ1) is 26.3. The van der Waals surface area contributed by atoms with Gasteiger partial charge in [0.15, 0.2) is 17.5 Å². The molecule has 4 heteroatoms. The quantitative estimate of drug-likeness (QED) is 0.176. The lowest BCUT2D eigenvalue weighted by molar-refractivity contribution is 1.07. The highest BCUT2D eigenvalue weighted by Crippen LogP contribution is 2.38. The molecular formula is C49H32N4. The van der Waals surface area contributed by atoms with E-state index >= 15 is 0 Å². The average Bonchev–Trinajstić information content (AvgIpc) is 3.58. The molecule has 2 aromatic heterocycles. The second-order valence-corrected chi connectivity index (χ2v) is 13.2. The predicted molar refractivity (Wildman–Crippen MR) is 219 cm³/mol. The van der Waals surface area contributed by atoms with Crippen LogP contribution in [0.15, 0.2) is 194 Å². The van der Waals surface area contributed by atoms with E-state index in [1.54, 1.807) is 0 Å². The number of aromatic nitrogens is 4. The summed E-state index contributed by atoms with van der Waals surface area (Å²) in [4.78, 5) is 14.9. The Morgan fingerprint density at radius 1 is 0.264 bits per heavy atom. The lowest BCUT2D eigenvalue weighted by atomic mass is 9.96. The Morgan fingerprint density at radius 2 is 0.642 bits per heavy atom. The lowest BCUT2D eigenvalue weighted by Gasteiger charge is -2.15. The Morgan fingerprint density at radius 3 is 1.19 bits per heavy atom. The van der Waals surface area contributed by atoms with Gasteiger partial charge in [-0.1, -0.05) is 176 Å². The van der Waals surface area contributed by atoms with Crippen molar-refractivity contribution in [1.82, 2.24) is 19.5 Å². The number of nitrogens with zero attached hydrogens (tertiary/aromatic N) is 4. The summed E-state index contributed by atoms with van der Waals surface area (Å²) in [5.74, 6) is 1.93. The highest BCUT2D eigenvalue weighted by molar-refractivity contribution is 6.11. The molecule has 0 aliphatic carbocycles. The maximum Gasteiger partial charge on any atom is 0.164 e. The first-order valence-corrected chi connectivity index (χ1v) is 17.9. The summed E-state index contributed by atoms with van der Waals surface area (Å²) >= 11 is 0. The smallest absolute Gasteiger partial charge is 0.164 e. The molecule has 0 N–H and O–H groups in total. The first-order valence-electron chi connectivity index (χ1n) is 17.9. The topological polar surface area (TPSA) is 43.6 Å². The van der Waals surface area contributed by atoms with E-state index in [2.05, 4.69) is 162 Å². The molecule has 10 rings (SSSR count). The minimum absolute atomic E-state index is 0.638. The Kier molecular flexibility index (Phi) is 7.43. The van der Waals surface area contributed by atoms with E-state index in [0.29, 0.717) is 17.5 Å². The van der Waals surface area contributed by atoms with Crippen LogP contribution in [0, 0.1) is 0 Å². The van der Waals surface area contributed by atoms with Crippen molar-refractivity contribution >= 4 is 32.6 Å². The summed E-state index contributed by atoms with van der Waals surface area (Å²) in [5.41, 5.74) is 11.0. The SMILES string of the molecule is c1ccc(-c2ccc(-c3nc(-c4ccccc4)nc(-c4ccc(-c5ccc(-n6c7ccccc7c7ccccc76)c6ccccc56)cc4)n3)cc2)cc1. The molecule has 0 bridgehead atoms. The maximum atomic E-state index is 5.02. The van der Waals surface area contributed by atoms with Gasteiger partial charge in [-0.05, 0) is 45.8 Å². The van der Waals surface area contributed by atoms with Crippen LogP contribution in [0.5, 0.6) is 0 Å². The zero-order valence-electron chi connectivity index (χ0n) is 28.8. The minimum atomic E-state index is 0.638. The zero-order chi connectivity index (χ0) is 35.1. The molecule has 0 aliphatic heterocycles. The summed E-state index contributed by atoms with van der Waals surface area (Å²) in [6, 6.07) is 68.1. The van der Waals surface area contributed by atoms with E-state index in [4.69, 9.17) is 15.0 Å². The molecule has 0 radical (unpaired) electrons. The predicted octanol–water partition coefficient (Wildman–Crippen LogP) is 12.5. The van der Waals surface area contributed by atoms with Crippen molar-refractivity contribution in [3.63, 3.8) is 0 Å².